The summed E-state index contributed by atoms with van der Waals surface area (Å²) in [6, 6.07) is 9.61. The first-order chi connectivity index (χ1) is 12.0. The smallest absolute Gasteiger partial charge is 0.223 e. The molecule has 0 radical (unpaired) electrons. The number of nitrogens with zero attached hydrogens (tertiary/aromatic N) is 4. The summed E-state index contributed by atoms with van der Waals surface area (Å²) in [6.45, 7) is 5.34. The van der Waals surface area contributed by atoms with Crippen LogP contribution in [0, 0.1) is 13.8 Å². The van der Waals surface area contributed by atoms with Crippen LogP contribution in [0.3, 0.4) is 0 Å². The molecule has 0 amide bonds. The molecular weight excluding hydrogens is 316 g/mol. The van der Waals surface area contributed by atoms with Crippen molar-refractivity contribution in [2.45, 2.75) is 39.8 Å². The lowest BCUT2D eigenvalue weighted by Crippen LogP contribution is -2.10. The summed E-state index contributed by atoms with van der Waals surface area (Å²) in [7, 11) is 0. The van der Waals surface area contributed by atoms with Crippen molar-refractivity contribution < 1.29 is 5.11 Å². The highest BCUT2D eigenvalue weighted by Gasteiger charge is 2.06. The van der Waals surface area contributed by atoms with Crippen molar-refractivity contribution in [3.05, 3.63) is 64.2 Å². The van der Waals surface area contributed by atoms with E-state index in [2.05, 4.69) is 29.4 Å². The molecule has 6 heteroatoms. The van der Waals surface area contributed by atoms with Crippen molar-refractivity contribution in [1.82, 2.24) is 19.6 Å². The molecule has 25 heavy (non-hydrogen) atoms. The van der Waals surface area contributed by atoms with E-state index in [-0.39, 0.29) is 11.2 Å². The number of aryl methyl sites for hydroxylation is 3. The lowest BCUT2D eigenvalue weighted by Gasteiger charge is -2.11. The Morgan fingerprint density at radius 2 is 1.92 bits per heavy atom. The summed E-state index contributed by atoms with van der Waals surface area (Å²) in [4.78, 5) is 11.4. The summed E-state index contributed by atoms with van der Waals surface area (Å²) in [5, 5.41) is 18.1. The van der Waals surface area contributed by atoms with E-state index in [1.165, 1.54) is 11.6 Å². The zero-order chi connectivity index (χ0) is 17.8. The normalized spacial score (nSPS) is 11.0. The molecule has 0 saturated carbocycles. The van der Waals surface area contributed by atoms with Crippen LogP contribution in [0.25, 0.3) is 11.3 Å². The molecule has 6 nitrogen and oxygen atoms in total. The number of hydrogen-bond donors (Lipinski definition) is 1. The number of aromatic nitrogens is 4. The molecule has 2 heterocycles. The van der Waals surface area contributed by atoms with Crippen molar-refractivity contribution >= 4 is 0 Å². The Kier molecular flexibility index (Phi) is 4.97. The molecule has 3 aromatic rings. The van der Waals surface area contributed by atoms with Crippen LogP contribution < -0.4 is 5.43 Å². The van der Waals surface area contributed by atoms with E-state index in [4.69, 9.17) is 0 Å². The number of benzene rings is 1. The van der Waals surface area contributed by atoms with Gasteiger partial charge in [0.05, 0.1) is 11.9 Å². The summed E-state index contributed by atoms with van der Waals surface area (Å²) >= 11 is 0. The largest absolute Gasteiger partial charge is 0.503 e. The minimum Gasteiger partial charge on any atom is -0.503 e. The predicted molar refractivity (Wildman–Crippen MR) is 96.5 cm³/mol. The fourth-order valence-electron chi connectivity index (χ4n) is 2.81. The Bertz CT molecular complexity index is 927. The lowest BCUT2D eigenvalue weighted by atomic mass is 10.1. The minimum absolute atomic E-state index is 0.165. The fourth-order valence-corrected chi connectivity index (χ4v) is 2.81. The number of unbranched alkanes of at least 4 members (excludes halogenated alkanes) is 1. The van der Waals surface area contributed by atoms with E-state index >= 15 is 0 Å². The van der Waals surface area contributed by atoms with Crippen LogP contribution in [-0.2, 0) is 13.1 Å². The first-order valence-corrected chi connectivity index (χ1v) is 8.41. The molecule has 1 N–H and O–H groups in total. The molecule has 1 aromatic carbocycles. The van der Waals surface area contributed by atoms with Gasteiger partial charge in [-0.05, 0) is 32.8 Å². The van der Waals surface area contributed by atoms with Gasteiger partial charge < -0.3 is 9.67 Å². The summed E-state index contributed by atoms with van der Waals surface area (Å²) in [6.07, 6.45) is 5.54. The Hall–Kier alpha value is -2.89. The highest BCUT2D eigenvalue weighted by molar-refractivity contribution is 5.58. The van der Waals surface area contributed by atoms with Gasteiger partial charge >= 0.3 is 0 Å². The molecule has 0 aliphatic rings. The molecule has 0 aliphatic carbocycles. The second-order valence-corrected chi connectivity index (χ2v) is 6.25. The average Bonchev–Trinajstić information content (AvgIpc) is 3.07. The second kappa shape index (κ2) is 7.34. The SMILES string of the molecule is Cc1cccc(-c2cn(CCCCn3ccc(=O)c(O)c3C)nn2)c1. The van der Waals surface area contributed by atoms with E-state index in [0.29, 0.717) is 5.69 Å². The molecule has 130 valence electrons. The van der Waals surface area contributed by atoms with Gasteiger partial charge in [-0.2, -0.15) is 0 Å². The Balaban J connectivity index is 1.55. The summed E-state index contributed by atoms with van der Waals surface area (Å²) in [5.74, 6) is -0.165. The summed E-state index contributed by atoms with van der Waals surface area (Å²) in [5.41, 5.74) is 3.43. The molecule has 2 aromatic heterocycles. The van der Waals surface area contributed by atoms with Crippen LogP contribution in [0.1, 0.15) is 24.1 Å². The molecule has 0 atom stereocenters. The number of pyridine rings is 1. The van der Waals surface area contributed by atoms with E-state index in [9.17, 15) is 9.90 Å². The van der Waals surface area contributed by atoms with Gasteiger partial charge in [-0.3, -0.25) is 9.48 Å². The van der Waals surface area contributed by atoms with Gasteiger partial charge in [0.25, 0.3) is 0 Å². The predicted octanol–water partition coefficient (Wildman–Crippen LogP) is 2.91. The molecule has 0 bridgehead atoms. The maximum atomic E-state index is 11.4. The number of aromatic hydroxyl groups is 1. The second-order valence-electron chi connectivity index (χ2n) is 6.25. The van der Waals surface area contributed by atoms with Gasteiger partial charge in [0.15, 0.2) is 5.75 Å². The fraction of sp³-hybridized carbons (Fsp3) is 0.316. The number of hydrogen-bond acceptors (Lipinski definition) is 4. The number of rotatable bonds is 6. The highest BCUT2D eigenvalue weighted by atomic mass is 16.3. The van der Waals surface area contributed by atoms with Crippen LogP contribution in [0.5, 0.6) is 5.75 Å². The Morgan fingerprint density at radius 3 is 2.72 bits per heavy atom. The standard InChI is InChI=1S/C19H22N4O2/c1-14-6-5-7-16(12-14)17-13-23(21-20-17)10-4-3-9-22-11-8-18(24)19(25)15(22)2/h5-8,11-13,25H,3-4,9-10H2,1-2H3. The molecular formula is C19H22N4O2. The van der Waals surface area contributed by atoms with Gasteiger partial charge in [-0.25, -0.2) is 0 Å². The molecule has 0 aliphatic heterocycles. The molecule has 0 unspecified atom stereocenters. The van der Waals surface area contributed by atoms with Gasteiger partial charge in [-0.1, -0.05) is 29.0 Å². The van der Waals surface area contributed by atoms with Gasteiger partial charge in [0.2, 0.25) is 5.43 Å². The molecule has 0 spiro atoms. The van der Waals surface area contributed by atoms with Crippen molar-refractivity contribution in [1.29, 1.82) is 0 Å². The van der Waals surface area contributed by atoms with E-state index in [1.54, 1.807) is 13.1 Å². The Morgan fingerprint density at radius 1 is 1.12 bits per heavy atom. The first-order valence-electron chi connectivity index (χ1n) is 8.41. The van der Waals surface area contributed by atoms with Crippen LogP contribution in [0.4, 0.5) is 0 Å². The maximum Gasteiger partial charge on any atom is 0.223 e. The lowest BCUT2D eigenvalue weighted by molar-refractivity contribution is 0.447. The van der Waals surface area contributed by atoms with Crippen molar-refractivity contribution in [3.8, 4) is 17.0 Å². The highest BCUT2D eigenvalue weighted by Crippen LogP contribution is 2.17. The third-order valence-electron chi connectivity index (χ3n) is 4.30. The zero-order valence-electron chi connectivity index (χ0n) is 14.5. The molecule has 0 fully saturated rings. The summed E-state index contributed by atoms with van der Waals surface area (Å²) < 4.78 is 3.75. The van der Waals surface area contributed by atoms with E-state index < -0.39 is 0 Å². The average molecular weight is 338 g/mol. The quantitative estimate of drug-likeness (QED) is 0.702. The van der Waals surface area contributed by atoms with Crippen LogP contribution in [-0.4, -0.2) is 24.7 Å². The van der Waals surface area contributed by atoms with Crippen LogP contribution >= 0.6 is 0 Å². The van der Waals surface area contributed by atoms with Gasteiger partial charge in [-0.15, -0.1) is 5.10 Å². The molecule has 0 saturated heterocycles. The maximum absolute atomic E-state index is 11.4. The third-order valence-corrected chi connectivity index (χ3v) is 4.30. The topological polar surface area (TPSA) is 72.9 Å². The Labute approximate surface area is 146 Å². The van der Waals surface area contributed by atoms with E-state index in [1.807, 2.05) is 27.6 Å². The van der Waals surface area contributed by atoms with E-state index in [0.717, 1.165) is 37.2 Å². The van der Waals surface area contributed by atoms with Gasteiger partial charge in [0.1, 0.15) is 5.69 Å². The van der Waals surface area contributed by atoms with Crippen LogP contribution in [0.2, 0.25) is 0 Å². The monoisotopic (exact) mass is 338 g/mol. The van der Waals surface area contributed by atoms with Crippen LogP contribution in [0.15, 0.2) is 47.5 Å². The van der Waals surface area contributed by atoms with Crippen molar-refractivity contribution in [3.63, 3.8) is 0 Å². The zero-order valence-corrected chi connectivity index (χ0v) is 14.5. The van der Waals surface area contributed by atoms with Crippen molar-refractivity contribution in [2.24, 2.45) is 0 Å². The van der Waals surface area contributed by atoms with Crippen molar-refractivity contribution in [2.75, 3.05) is 0 Å². The first kappa shape index (κ1) is 17.0. The van der Waals surface area contributed by atoms with Gasteiger partial charge in [0, 0.05) is 30.9 Å². The molecule has 3 rings (SSSR count). The minimum atomic E-state index is -0.333. The third kappa shape index (κ3) is 3.96.